The summed E-state index contributed by atoms with van der Waals surface area (Å²) < 4.78 is 40.8. The van der Waals surface area contributed by atoms with E-state index in [0.717, 1.165) is 4.90 Å². The number of rotatable bonds is 7. The number of ether oxygens (including phenoxy) is 1. The molecule has 2 bridgehead atoms. The summed E-state index contributed by atoms with van der Waals surface area (Å²) in [5.41, 5.74) is 6.09. The first-order valence-corrected chi connectivity index (χ1v) is 9.10. The van der Waals surface area contributed by atoms with Crippen molar-refractivity contribution in [3.05, 3.63) is 29.3 Å². The van der Waals surface area contributed by atoms with Gasteiger partial charge in [0.2, 0.25) is 5.91 Å². The van der Waals surface area contributed by atoms with Gasteiger partial charge in [-0.3, -0.25) is 9.35 Å². The Morgan fingerprint density at radius 1 is 1.37 bits per heavy atom. The first-order valence-electron chi connectivity index (χ1n) is 7.74. The SMILES string of the molecule is NC(=O)[C@H]1c2ccc(OCC(O)CO)cc2[C@H]2CN1C(=O)N2OS(=O)(=O)O. The van der Waals surface area contributed by atoms with Crippen molar-refractivity contribution in [3.63, 3.8) is 0 Å². The lowest BCUT2D eigenvalue weighted by Crippen LogP contribution is -2.41. The number of aliphatic hydroxyl groups is 2. The molecule has 0 radical (unpaired) electrons. The second-order valence-electron chi connectivity index (χ2n) is 6.02. The van der Waals surface area contributed by atoms with Crippen LogP contribution in [0.25, 0.3) is 0 Å². The Kier molecular flexibility index (Phi) is 4.96. The van der Waals surface area contributed by atoms with Crippen molar-refractivity contribution >= 4 is 22.3 Å². The largest absolute Gasteiger partial charge is 0.491 e. The van der Waals surface area contributed by atoms with E-state index in [9.17, 15) is 23.1 Å². The number of nitrogens with two attached hydrogens (primary N) is 1. The van der Waals surface area contributed by atoms with Gasteiger partial charge in [0.05, 0.1) is 13.2 Å². The fourth-order valence-corrected chi connectivity index (χ4v) is 3.49. The number of carbonyl (C=O) groups excluding carboxylic acids is 2. The molecule has 1 unspecified atom stereocenters. The zero-order valence-corrected chi connectivity index (χ0v) is 14.6. The van der Waals surface area contributed by atoms with Crippen molar-refractivity contribution in [1.29, 1.82) is 0 Å². The van der Waals surface area contributed by atoms with Gasteiger partial charge >= 0.3 is 16.4 Å². The maximum atomic E-state index is 12.4. The van der Waals surface area contributed by atoms with Crippen molar-refractivity contribution < 1.29 is 41.8 Å². The van der Waals surface area contributed by atoms with Crippen LogP contribution in [0, 0.1) is 0 Å². The van der Waals surface area contributed by atoms with Gasteiger partial charge in [-0.25, -0.2) is 4.79 Å². The average Bonchev–Trinajstić information content (AvgIpc) is 2.85. The van der Waals surface area contributed by atoms with Gasteiger partial charge < -0.3 is 25.6 Å². The smallest absolute Gasteiger partial charge is 0.418 e. The number of amides is 3. The van der Waals surface area contributed by atoms with Crippen LogP contribution in [-0.4, -0.2) is 70.9 Å². The monoisotopic (exact) mass is 403 g/mol. The molecule has 1 aromatic rings. The summed E-state index contributed by atoms with van der Waals surface area (Å²) >= 11 is 0. The summed E-state index contributed by atoms with van der Waals surface area (Å²) in [5, 5.41) is 18.6. The number of hydrogen-bond donors (Lipinski definition) is 4. The lowest BCUT2D eigenvalue weighted by molar-refractivity contribution is -0.122. The average molecular weight is 403 g/mol. The van der Waals surface area contributed by atoms with Gasteiger partial charge in [-0.05, 0) is 23.3 Å². The van der Waals surface area contributed by atoms with E-state index in [0.29, 0.717) is 16.2 Å². The molecular formula is C14H17N3O9S. The Labute approximate surface area is 153 Å². The van der Waals surface area contributed by atoms with Gasteiger partial charge in [0, 0.05) is 0 Å². The summed E-state index contributed by atoms with van der Waals surface area (Å²) in [4.78, 5) is 25.4. The van der Waals surface area contributed by atoms with Crippen molar-refractivity contribution in [2.45, 2.75) is 18.2 Å². The van der Waals surface area contributed by atoms with Crippen LogP contribution in [0.4, 0.5) is 4.79 Å². The fraction of sp³-hybridized carbons (Fsp3) is 0.429. The normalized spacial score (nSPS) is 22.6. The first kappa shape index (κ1) is 19.3. The molecule has 0 saturated carbocycles. The Balaban J connectivity index is 2.00. The number of primary amides is 1. The van der Waals surface area contributed by atoms with Crippen molar-refractivity contribution in [1.82, 2.24) is 9.96 Å². The topological polar surface area (TPSA) is 180 Å². The highest BCUT2D eigenvalue weighted by molar-refractivity contribution is 7.80. The van der Waals surface area contributed by atoms with Gasteiger partial charge in [-0.1, -0.05) is 6.07 Å². The summed E-state index contributed by atoms with van der Waals surface area (Å²) in [6, 6.07) is 1.34. The van der Waals surface area contributed by atoms with Gasteiger partial charge in [-0.2, -0.15) is 13.5 Å². The van der Waals surface area contributed by atoms with Gasteiger partial charge in [-0.15, -0.1) is 4.28 Å². The highest BCUT2D eigenvalue weighted by atomic mass is 32.3. The number of aliphatic hydroxyl groups excluding tert-OH is 2. The third-order valence-corrected chi connectivity index (χ3v) is 4.56. The molecule has 1 fully saturated rings. The number of nitrogens with zero attached hydrogens (tertiary/aromatic N) is 2. The maximum Gasteiger partial charge on any atom is 0.418 e. The van der Waals surface area contributed by atoms with E-state index >= 15 is 0 Å². The Bertz CT molecular complexity index is 875. The van der Waals surface area contributed by atoms with Crippen LogP contribution in [0.3, 0.4) is 0 Å². The quantitative estimate of drug-likeness (QED) is 0.393. The molecule has 1 aromatic carbocycles. The van der Waals surface area contributed by atoms with Gasteiger partial charge in [0.15, 0.2) is 0 Å². The molecule has 3 atom stereocenters. The van der Waals surface area contributed by atoms with Crippen LogP contribution >= 0.6 is 0 Å². The molecule has 13 heteroatoms. The number of carbonyl (C=O) groups is 2. The minimum absolute atomic E-state index is 0.0995. The van der Waals surface area contributed by atoms with Crippen LogP contribution in [-0.2, 0) is 19.5 Å². The van der Waals surface area contributed by atoms with Crippen LogP contribution in [0.1, 0.15) is 23.2 Å². The zero-order valence-electron chi connectivity index (χ0n) is 13.8. The Hall–Kier alpha value is -2.45. The van der Waals surface area contributed by atoms with Crippen LogP contribution in [0.15, 0.2) is 18.2 Å². The first-order chi connectivity index (χ1) is 12.6. The lowest BCUT2D eigenvalue weighted by Gasteiger charge is -2.31. The van der Waals surface area contributed by atoms with Crippen LogP contribution in [0.5, 0.6) is 5.75 Å². The minimum atomic E-state index is -4.98. The van der Waals surface area contributed by atoms with E-state index in [1.165, 1.54) is 18.2 Å². The molecule has 12 nitrogen and oxygen atoms in total. The molecule has 3 rings (SSSR count). The Morgan fingerprint density at radius 2 is 2.07 bits per heavy atom. The van der Waals surface area contributed by atoms with E-state index in [4.69, 9.17) is 20.1 Å². The van der Waals surface area contributed by atoms with Gasteiger partial charge in [0.25, 0.3) is 0 Å². The Morgan fingerprint density at radius 3 is 2.67 bits per heavy atom. The predicted molar refractivity (Wildman–Crippen MR) is 86.3 cm³/mol. The molecule has 1 saturated heterocycles. The third-order valence-electron chi connectivity index (χ3n) is 4.21. The molecule has 0 aromatic heterocycles. The highest BCUT2D eigenvalue weighted by Gasteiger charge is 2.51. The van der Waals surface area contributed by atoms with Crippen LogP contribution in [0.2, 0.25) is 0 Å². The molecule has 27 heavy (non-hydrogen) atoms. The van der Waals surface area contributed by atoms with Crippen molar-refractivity contribution in [2.24, 2.45) is 5.73 Å². The molecule has 0 aliphatic carbocycles. The van der Waals surface area contributed by atoms with E-state index in [1.807, 2.05) is 0 Å². The number of fused-ring (bicyclic) bond motifs is 4. The standard InChI is InChI=1S/C14H17N3O9S/c15-13(20)12-9-2-1-8(25-6-7(19)5-18)3-10(9)11-4-16(12)14(21)17(11)26-27(22,23)24/h1-3,7,11-12,18-19H,4-6H2,(H2,15,20)(H,22,23,24)/t7?,11-,12-/m1/s1. The molecular weight excluding hydrogens is 386 g/mol. The third kappa shape index (κ3) is 3.68. The molecule has 5 N–H and O–H groups in total. The fourth-order valence-electron chi connectivity index (χ4n) is 3.12. The van der Waals surface area contributed by atoms with Crippen molar-refractivity contribution in [2.75, 3.05) is 19.8 Å². The number of benzene rings is 1. The molecule has 2 aliphatic heterocycles. The molecule has 2 heterocycles. The minimum Gasteiger partial charge on any atom is -0.491 e. The summed E-state index contributed by atoms with van der Waals surface area (Å²) in [5.74, 6) is -0.592. The second-order valence-corrected chi connectivity index (χ2v) is 7.03. The van der Waals surface area contributed by atoms with Crippen molar-refractivity contribution in [3.8, 4) is 5.75 Å². The lowest BCUT2D eigenvalue weighted by atomic mass is 9.90. The number of hydroxylamine groups is 2. The number of hydrogen-bond acceptors (Lipinski definition) is 8. The number of urea groups is 1. The van der Waals surface area contributed by atoms with E-state index < -0.39 is 47.1 Å². The van der Waals surface area contributed by atoms with E-state index in [2.05, 4.69) is 4.28 Å². The van der Waals surface area contributed by atoms with Gasteiger partial charge in [0.1, 0.15) is 30.5 Å². The maximum absolute atomic E-state index is 12.4. The second kappa shape index (κ2) is 6.94. The van der Waals surface area contributed by atoms with E-state index in [-0.39, 0.29) is 18.9 Å². The molecule has 148 valence electrons. The molecule has 2 aliphatic rings. The van der Waals surface area contributed by atoms with Crippen LogP contribution < -0.4 is 10.5 Å². The summed E-state index contributed by atoms with van der Waals surface area (Å²) in [6.45, 7) is -0.816. The highest BCUT2D eigenvalue weighted by Crippen LogP contribution is 2.45. The predicted octanol–water partition coefficient (Wildman–Crippen LogP) is -1.53. The zero-order chi connectivity index (χ0) is 19.9. The molecule has 3 amide bonds. The summed E-state index contributed by atoms with van der Waals surface area (Å²) in [7, 11) is -4.98. The molecule has 0 spiro atoms. The summed E-state index contributed by atoms with van der Waals surface area (Å²) in [6.07, 6.45) is -1.11. The van der Waals surface area contributed by atoms with E-state index in [1.54, 1.807) is 0 Å².